The average molecular weight is 245 g/mol. The molecule has 1 aromatic carbocycles. The van der Waals surface area contributed by atoms with Crippen molar-refractivity contribution in [2.45, 2.75) is 13.3 Å². The highest BCUT2D eigenvalue weighted by molar-refractivity contribution is 6.00. The summed E-state index contributed by atoms with van der Waals surface area (Å²) in [4.78, 5) is 6.37. The van der Waals surface area contributed by atoms with E-state index >= 15 is 0 Å². The van der Waals surface area contributed by atoms with Gasteiger partial charge in [-0.1, -0.05) is 0 Å². The molecule has 3 N–H and O–H groups in total. The summed E-state index contributed by atoms with van der Waals surface area (Å²) in [7, 11) is 0. The van der Waals surface area contributed by atoms with E-state index in [9.17, 15) is 0 Å². The summed E-state index contributed by atoms with van der Waals surface area (Å²) in [5.41, 5.74) is 7.87. The number of pyridine rings is 1. The van der Waals surface area contributed by atoms with E-state index in [1.165, 1.54) is 0 Å². The number of aliphatic hydroxyl groups is 1. The van der Waals surface area contributed by atoms with Crippen LogP contribution in [0.15, 0.2) is 30.6 Å². The molecule has 0 aliphatic heterocycles. The summed E-state index contributed by atoms with van der Waals surface area (Å²) in [6.07, 6.45) is 4.35. The van der Waals surface area contributed by atoms with Crippen molar-refractivity contribution in [3.63, 3.8) is 0 Å². The Balaban J connectivity index is 2.46. The highest BCUT2D eigenvalue weighted by Crippen LogP contribution is 2.30. The Morgan fingerprint density at radius 1 is 1.28 bits per heavy atom. The number of hydrogen-bond acceptors (Lipinski definition) is 4. The molecule has 0 saturated carbocycles. The van der Waals surface area contributed by atoms with Crippen LogP contribution in [-0.2, 0) is 0 Å². The van der Waals surface area contributed by atoms with Crippen LogP contribution in [0.2, 0.25) is 0 Å². The molecular weight excluding hydrogens is 226 g/mol. The quantitative estimate of drug-likeness (QED) is 0.791. The minimum Gasteiger partial charge on any atom is -0.398 e. The van der Waals surface area contributed by atoms with E-state index in [0.717, 1.165) is 41.7 Å². The number of nitrogen functional groups attached to an aromatic ring is 1. The molecule has 0 radical (unpaired) electrons. The Labute approximate surface area is 107 Å². The van der Waals surface area contributed by atoms with Crippen LogP contribution in [0.1, 0.15) is 13.3 Å². The van der Waals surface area contributed by atoms with Crippen LogP contribution in [-0.4, -0.2) is 29.8 Å². The smallest absolute Gasteiger partial charge is 0.0448 e. The second kappa shape index (κ2) is 5.69. The molecule has 0 bridgehead atoms. The number of nitrogens with two attached hydrogens (primary N) is 1. The van der Waals surface area contributed by atoms with Gasteiger partial charge in [0, 0.05) is 54.2 Å². The van der Waals surface area contributed by atoms with Crippen LogP contribution < -0.4 is 10.6 Å². The maximum Gasteiger partial charge on any atom is 0.0448 e. The fourth-order valence-corrected chi connectivity index (χ4v) is 2.18. The lowest BCUT2D eigenvalue weighted by atomic mass is 10.1. The van der Waals surface area contributed by atoms with Gasteiger partial charge in [0.25, 0.3) is 0 Å². The molecular formula is C14H19N3O. The minimum atomic E-state index is 0.213. The molecule has 0 spiro atoms. The van der Waals surface area contributed by atoms with E-state index in [1.54, 1.807) is 12.4 Å². The first-order valence-corrected chi connectivity index (χ1v) is 6.26. The third-order valence-electron chi connectivity index (χ3n) is 3.14. The molecule has 1 aromatic heterocycles. The van der Waals surface area contributed by atoms with Crippen molar-refractivity contribution in [3.8, 4) is 0 Å². The molecule has 0 atom stereocenters. The third-order valence-corrected chi connectivity index (χ3v) is 3.14. The van der Waals surface area contributed by atoms with Crippen molar-refractivity contribution in [2.24, 2.45) is 0 Å². The Morgan fingerprint density at radius 3 is 2.83 bits per heavy atom. The van der Waals surface area contributed by atoms with Gasteiger partial charge in [-0.05, 0) is 31.5 Å². The lowest BCUT2D eigenvalue weighted by Crippen LogP contribution is -2.24. The van der Waals surface area contributed by atoms with Crippen molar-refractivity contribution in [2.75, 3.05) is 30.3 Å². The molecule has 0 aliphatic rings. The van der Waals surface area contributed by atoms with Gasteiger partial charge in [0.1, 0.15) is 0 Å². The van der Waals surface area contributed by atoms with Crippen molar-refractivity contribution >= 4 is 22.1 Å². The largest absolute Gasteiger partial charge is 0.398 e. The first-order valence-electron chi connectivity index (χ1n) is 6.26. The standard InChI is InChI=1S/C14H19N3O/c1-2-17(8-3-9-18)14-5-4-13(15)12-10-16-7-6-11(12)14/h4-7,10,18H,2-3,8-9,15H2,1H3. The van der Waals surface area contributed by atoms with E-state index in [2.05, 4.69) is 16.8 Å². The first-order chi connectivity index (χ1) is 8.77. The van der Waals surface area contributed by atoms with Gasteiger partial charge in [0.15, 0.2) is 0 Å². The molecule has 0 fully saturated rings. The van der Waals surface area contributed by atoms with E-state index in [4.69, 9.17) is 10.8 Å². The zero-order valence-electron chi connectivity index (χ0n) is 10.6. The van der Waals surface area contributed by atoms with E-state index in [1.807, 2.05) is 18.2 Å². The third kappa shape index (κ3) is 2.38. The normalized spacial score (nSPS) is 10.8. The van der Waals surface area contributed by atoms with Crippen LogP contribution in [0.4, 0.5) is 11.4 Å². The molecule has 0 amide bonds. The first kappa shape index (κ1) is 12.6. The van der Waals surface area contributed by atoms with Gasteiger partial charge in [0.2, 0.25) is 0 Å². The zero-order chi connectivity index (χ0) is 13.0. The van der Waals surface area contributed by atoms with Crippen LogP contribution in [0.3, 0.4) is 0 Å². The molecule has 4 nitrogen and oxygen atoms in total. The number of anilines is 2. The number of benzene rings is 1. The summed E-state index contributed by atoms with van der Waals surface area (Å²) in [5.74, 6) is 0. The van der Waals surface area contributed by atoms with Gasteiger partial charge in [-0.3, -0.25) is 4.98 Å². The summed E-state index contributed by atoms with van der Waals surface area (Å²) < 4.78 is 0. The van der Waals surface area contributed by atoms with Gasteiger partial charge in [-0.25, -0.2) is 0 Å². The molecule has 2 aromatic rings. The second-order valence-electron chi connectivity index (χ2n) is 4.25. The molecule has 0 aliphatic carbocycles. The maximum atomic E-state index is 8.96. The fraction of sp³-hybridized carbons (Fsp3) is 0.357. The number of aliphatic hydroxyl groups excluding tert-OH is 1. The van der Waals surface area contributed by atoms with Gasteiger partial charge < -0.3 is 15.7 Å². The zero-order valence-corrected chi connectivity index (χ0v) is 10.6. The van der Waals surface area contributed by atoms with Crippen LogP contribution in [0, 0.1) is 0 Å². The van der Waals surface area contributed by atoms with E-state index < -0.39 is 0 Å². The fourth-order valence-electron chi connectivity index (χ4n) is 2.18. The highest BCUT2D eigenvalue weighted by atomic mass is 16.3. The summed E-state index contributed by atoms with van der Waals surface area (Å²) in [6.45, 7) is 4.07. The number of hydrogen-bond donors (Lipinski definition) is 2. The number of fused-ring (bicyclic) bond motifs is 1. The lowest BCUT2D eigenvalue weighted by molar-refractivity contribution is 0.289. The molecule has 96 valence electrons. The van der Waals surface area contributed by atoms with Gasteiger partial charge in [-0.2, -0.15) is 0 Å². The van der Waals surface area contributed by atoms with E-state index in [-0.39, 0.29) is 6.61 Å². The predicted octanol–water partition coefficient (Wildman–Crippen LogP) is 2.03. The Kier molecular flexibility index (Phi) is 3.99. The summed E-state index contributed by atoms with van der Waals surface area (Å²) in [6, 6.07) is 5.95. The van der Waals surface area contributed by atoms with Gasteiger partial charge in [-0.15, -0.1) is 0 Å². The second-order valence-corrected chi connectivity index (χ2v) is 4.25. The number of rotatable bonds is 5. The molecule has 1 heterocycles. The maximum absolute atomic E-state index is 8.96. The van der Waals surface area contributed by atoms with Crippen molar-refractivity contribution < 1.29 is 5.11 Å². The van der Waals surface area contributed by atoms with Crippen molar-refractivity contribution in [3.05, 3.63) is 30.6 Å². The average Bonchev–Trinajstić information content (AvgIpc) is 2.42. The topological polar surface area (TPSA) is 62.4 Å². The monoisotopic (exact) mass is 245 g/mol. The summed E-state index contributed by atoms with van der Waals surface area (Å²) >= 11 is 0. The Morgan fingerprint density at radius 2 is 2.11 bits per heavy atom. The highest BCUT2D eigenvalue weighted by Gasteiger charge is 2.09. The lowest BCUT2D eigenvalue weighted by Gasteiger charge is -2.24. The molecule has 0 saturated heterocycles. The summed E-state index contributed by atoms with van der Waals surface area (Å²) in [5, 5.41) is 11.1. The van der Waals surface area contributed by atoms with Crippen LogP contribution in [0.5, 0.6) is 0 Å². The van der Waals surface area contributed by atoms with Crippen LogP contribution in [0.25, 0.3) is 10.8 Å². The van der Waals surface area contributed by atoms with Gasteiger partial charge >= 0.3 is 0 Å². The molecule has 18 heavy (non-hydrogen) atoms. The Bertz CT molecular complexity index is 527. The minimum absolute atomic E-state index is 0.213. The van der Waals surface area contributed by atoms with Gasteiger partial charge in [0.05, 0.1) is 0 Å². The number of aromatic nitrogens is 1. The van der Waals surface area contributed by atoms with Crippen LogP contribution >= 0.6 is 0 Å². The van der Waals surface area contributed by atoms with E-state index in [0.29, 0.717) is 0 Å². The molecule has 0 unspecified atom stereocenters. The SMILES string of the molecule is CCN(CCCO)c1ccc(N)c2cnccc12. The molecule has 4 heteroatoms. The predicted molar refractivity (Wildman–Crippen MR) is 75.7 cm³/mol. The Hall–Kier alpha value is -1.81. The molecule has 2 rings (SSSR count). The number of nitrogens with zero attached hydrogens (tertiary/aromatic N) is 2. The van der Waals surface area contributed by atoms with Crippen molar-refractivity contribution in [1.29, 1.82) is 0 Å². The van der Waals surface area contributed by atoms with Crippen molar-refractivity contribution in [1.82, 2.24) is 4.98 Å².